The number of nitrogens with one attached hydrogen (secondary N) is 1. The molecule has 0 saturated heterocycles. The minimum atomic E-state index is -0.355. The fourth-order valence-corrected chi connectivity index (χ4v) is 2.03. The zero-order valence-electron chi connectivity index (χ0n) is 9.68. The topological polar surface area (TPSA) is 42.0 Å². The van der Waals surface area contributed by atoms with Gasteiger partial charge in [0.2, 0.25) is 5.91 Å². The summed E-state index contributed by atoms with van der Waals surface area (Å²) >= 11 is 1.35. The van der Waals surface area contributed by atoms with Gasteiger partial charge in [-0.25, -0.2) is 9.37 Å². The summed E-state index contributed by atoms with van der Waals surface area (Å²) in [5, 5.41) is 4.99. The zero-order valence-corrected chi connectivity index (χ0v) is 10.5. The average molecular weight is 262 g/mol. The molecule has 1 heterocycles. The number of carbonyl (C=O) groups is 1. The molecule has 18 heavy (non-hydrogen) atoms. The Balaban J connectivity index is 2.01. The van der Waals surface area contributed by atoms with E-state index in [-0.39, 0.29) is 11.7 Å². The summed E-state index contributed by atoms with van der Waals surface area (Å²) in [6.07, 6.45) is 2.72. The Kier molecular flexibility index (Phi) is 3.84. The van der Waals surface area contributed by atoms with Crippen LogP contribution < -0.4 is 5.32 Å². The smallest absolute Gasteiger partial charge is 0.250 e. The molecule has 0 aliphatic carbocycles. The quantitative estimate of drug-likeness (QED) is 0.863. The third-order valence-electron chi connectivity index (χ3n) is 2.17. The summed E-state index contributed by atoms with van der Waals surface area (Å²) in [6.45, 7) is 1.85. The Morgan fingerprint density at radius 1 is 1.44 bits per heavy atom. The van der Waals surface area contributed by atoms with E-state index in [0.717, 1.165) is 5.69 Å². The Morgan fingerprint density at radius 2 is 2.22 bits per heavy atom. The van der Waals surface area contributed by atoms with Crippen LogP contribution >= 0.6 is 11.3 Å². The zero-order chi connectivity index (χ0) is 13.0. The van der Waals surface area contributed by atoms with Gasteiger partial charge >= 0.3 is 0 Å². The molecule has 2 aromatic rings. The molecule has 1 aromatic heterocycles. The highest BCUT2D eigenvalue weighted by atomic mass is 32.1. The van der Waals surface area contributed by atoms with Crippen LogP contribution in [0.5, 0.6) is 0 Å². The van der Waals surface area contributed by atoms with Crippen LogP contribution in [0.25, 0.3) is 6.08 Å². The van der Waals surface area contributed by atoms with Gasteiger partial charge in [-0.1, -0.05) is 18.2 Å². The van der Waals surface area contributed by atoms with Crippen LogP contribution in [-0.2, 0) is 4.79 Å². The number of hydrogen-bond acceptors (Lipinski definition) is 3. The number of carbonyl (C=O) groups excluding carboxylic acids is 1. The Hall–Kier alpha value is -2.01. The van der Waals surface area contributed by atoms with E-state index in [0.29, 0.717) is 10.7 Å². The molecule has 0 saturated carbocycles. The lowest BCUT2D eigenvalue weighted by Crippen LogP contribution is -2.07. The molecule has 0 aliphatic heterocycles. The van der Waals surface area contributed by atoms with Gasteiger partial charge in [-0.2, -0.15) is 0 Å². The van der Waals surface area contributed by atoms with Crippen molar-refractivity contribution in [2.75, 3.05) is 5.32 Å². The summed E-state index contributed by atoms with van der Waals surface area (Å²) in [7, 11) is 0. The van der Waals surface area contributed by atoms with E-state index in [4.69, 9.17) is 0 Å². The minimum Gasteiger partial charge on any atom is -0.298 e. The van der Waals surface area contributed by atoms with Crippen LogP contribution in [0.1, 0.15) is 11.3 Å². The fourth-order valence-electron chi connectivity index (χ4n) is 1.33. The van der Waals surface area contributed by atoms with Crippen molar-refractivity contribution in [3.63, 3.8) is 0 Å². The Bertz CT molecular complexity index is 592. The van der Waals surface area contributed by atoms with Gasteiger partial charge in [0.15, 0.2) is 5.13 Å². The van der Waals surface area contributed by atoms with Crippen molar-refractivity contribution >= 4 is 28.5 Å². The molecule has 92 valence electrons. The van der Waals surface area contributed by atoms with Crippen LogP contribution in [-0.4, -0.2) is 10.9 Å². The number of nitrogens with zero attached hydrogens (tertiary/aromatic N) is 1. The Morgan fingerprint density at radius 3 is 2.89 bits per heavy atom. The first-order valence-corrected chi connectivity index (χ1v) is 6.19. The predicted molar refractivity (Wildman–Crippen MR) is 70.9 cm³/mol. The molecule has 1 N–H and O–H groups in total. The van der Waals surface area contributed by atoms with Crippen molar-refractivity contribution < 1.29 is 9.18 Å². The number of amides is 1. The summed E-state index contributed by atoms with van der Waals surface area (Å²) in [5.74, 6) is -0.681. The van der Waals surface area contributed by atoms with E-state index in [9.17, 15) is 9.18 Å². The molecule has 1 amide bonds. The lowest BCUT2D eigenvalue weighted by molar-refractivity contribution is -0.111. The molecule has 0 radical (unpaired) electrons. The molecule has 0 unspecified atom stereocenters. The molecule has 2 rings (SSSR count). The van der Waals surface area contributed by atoms with Crippen molar-refractivity contribution in [2.24, 2.45) is 0 Å². The molecule has 0 atom stereocenters. The number of aryl methyl sites for hydroxylation is 1. The second-order valence-corrected chi connectivity index (χ2v) is 4.50. The monoisotopic (exact) mass is 262 g/mol. The van der Waals surface area contributed by atoms with E-state index in [1.807, 2.05) is 12.3 Å². The van der Waals surface area contributed by atoms with Gasteiger partial charge in [-0.05, 0) is 19.1 Å². The van der Waals surface area contributed by atoms with Crippen LogP contribution in [0, 0.1) is 12.7 Å². The van der Waals surface area contributed by atoms with Crippen molar-refractivity contribution in [3.05, 3.63) is 52.8 Å². The third-order valence-corrected chi connectivity index (χ3v) is 3.04. The molecule has 3 nitrogen and oxygen atoms in total. The molecule has 1 aromatic carbocycles. The number of benzene rings is 1. The number of halogens is 1. The number of anilines is 1. The number of aromatic nitrogens is 1. The maximum absolute atomic E-state index is 13.3. The predicted octanol–water partition coefficient (Wildman–Crippen LogP) is 3.24. The van der Waals surface area contributed by atoms with E-state index < -0.39 is 0 Å². The highest BCUT2D eigenvalue weighted by molar-refractivity contribution is 7.13. The Labute approximate surface area is 108 Å². The molecular formula is C13H11FN2OS. The molecule has 0 aliphatic rings. The van der Waals surface area contributed by atoms with Crippen LogP contribution in [0.3, 0.4) is 0 Å². The number of rotatable bonds is 3. The molecule has 5 heteroatoms. The fraction of sp³-hybridized carbons (Fsp3) is 0.0769. The van der Waals surface area contributed by atoms with Crippen LogP contribution in [0.4, 0.5) is 9.52 Å². The van der Waals surface area contributed by atoms with Gasteiger partial charge in [-0.3, -0.25) is 10.1 Å². The second-order valence-electron chi connectivity index (χ2n) is 3.64. The normalized spacial score (nSPS) is 10.8. The first kappa shape index (κ1) is 12.4. The largest absolute Gasteiger partial charge is 0.298 e. The van der Waals surface area contributed by atoms with Crippen molar-refractivity contribution in [3.8, 4) is 0 Å². The van der Waals surface area contributed by atoms with Gasteiger partial charge in [0.25, 0.3) is 0 Å². The lowest BCUT2D eigenvalue weighted by atomic mass is 10.2. The van der Waals surface area contributed by atoms with Crippen LogP contribution in [0.2, 0.25) is 0 Å². The van der Waals surface area contributed by atoms with E-state index in [1.54, 1.807) is 18.2 Å². The second kappa shape index (κ2) is 5.55. The summed E-state index contributed by atoms with van der Waals surface area (Å²) in [4.78, 5) is 15.7. The van der Waals surface area contributed by atoms with Crippen LogP contribution in [0.15, 0.2) is 35.7 Å². The van der Waals surface area contributed by atoms with Gasteiger partial charge in [0.1, 0.15) is 5.82 Å². The highest BCUT2D eigenvalue weighted by Gasteiger charge is 2.02. The number of hydrogen-bond donors (Lipinski definition) is 1. The standard InChI is InChI=1S/C13H11FN2OS/c1-9-8-18-13(15-9)16-12(17)7-6-10-4-2-3-5-11(10)14/h2-8H,1H3,(H,15,16,17)/b7-6+. The van der Waals surface area contributed by atoms with E-state index in [1.165, 1.54) is 29.6 Å². The SMILES string of the molecule is Cc1csc(NC(=O)/C=C/c2ccccc2F)n1. The summed E-state index contributed by atoms with van der Waals surface area (Å²) in [6, 6.07) is 6.27. The molecular weight excluding hydrogens is 251 g/mol. The van der Waals surface area contributed by atoms with E-state index >= 15 is 0 Å². The maximum atomic E-state index is 13.3. The lowest BCUT2D eigenvalue weighted by Gasteiger charge is -1.97. The van der Waals surface area contributed by atoms with Gasteiger partial charge < -0.3 is 0 Å². The highest BCUT2D eigenvalue weighted by Crippen LogP contribution is 2.14. The first-order chi connectivity index (χ1) is 8.65. The van der Waals surface area contributed by atoms with Gasteiger partial charge in [0.05, 0.1) is 5.69 Å². The van der Waals surface area contributed by atoms with Gasteiger partial charge in [-0.15, -0.1) is 11.3 Å². The van der Waals surface area contributed by atoms with Crippen molar-refractivity contribution in [1.29, 1.82) is 0 Å². The summed E-state index contributed by atoms with van der Waals surface area (Å²) in [5.41, 5.74) is 1.23. The first-order valence-electron chi connectivity index (χ1n) is 5.31. The minimum absolute atomic E-state index is 0.326. The number of thiazole rings is 1. The molecule has 0 bridgehead atoms. The molecule has 0 fully saturated rings. The third kappa shape index (κ3) is 3.24. The average Bonchev–Trinajstić information content (AvgIpc) is 2.74. The van der Waals surface area contributed by atoms with E-state index in [2.05, 4.69) is 10.3 Å². The van der Waals surface area contributed by atoms with Gasteiger partial charge in [0, 0.05) is 17.0 Å². The summed E-state index contributed by atoms with van der Waals surface area (Å²) < 4.78 is 13.3. The molecule has 0 spiro atoms. The van der Waals surface area contributed by atoms with Crippen molar-refractivity contribution in [1.82, 2.24) is 4.98 Å². The maximum Gasteiger partial charge on any atom is 0.250 e. The van der Waals surface area contributed by atoms with Crippen molar-refractivity contribution in [2.45, 2.75) is 6.92 Å².